The zero-order valence-corrected chi connectivity index (χ0v) is 11.4. The van der Waals surface area contributed by atoms with E-state index in [1.807, 2.05) is 24.3 Å². The molecule has 3 rings (SSSR count). The highest BCUT2D eigenvalue weighted by molar-refractivity contribution is 5.78. The number of nitrogens with one attached hydrogen (secondary N) is 2. The summed E-state index contributed by atoms with van der Waals surface area (Å²) >= 11 is 0. The van der Waals surface area contributed by atoms with Gasteiger partial charge in [-0.3, -0.25) is 9.78 Å². The number of aromatic nitrogens is 1. The van der Waals surface area contributed by atoms with Gasteiger partial charge < -0.3 is 10.6 Å². The van der Waals surface area contributed by atoms with Gasteiger partial charge in [0.2, 0.25) is 5.91 Å². The zero-order chi connectivity index (χ0) is 13.8. The Hall–Kier alpha value is -1.94. The lowest BCUT2D eigenvalue weighted by Crippen LogP contribution is -2.29. The number of para-hydroxylation sites is 1. The standard InChI is InChI=1S/C16H19N3O/c20-16(19-13-7-8-13)9-10-17-11-14-6-5-12-3-1-2-4-15(12)18-14/h1-6,13,17H,7-11H2,(H,19,20). The summed E-state index contributed by atoms with van der Waals surface area (Å²) in [6, 6.07) is 12.6. The normalized spacial score (nSPS) is 14.4. The highest BCUT2D eigenvalue weighted by atomic mass is 16.1. The lowest BCUT2D eigenvalue weighted by atomic mass is 10.2. The van der Waals surface area contributed by atoms with Gasteiger partial charge in [-0.15, -0.1) is 0 Å². The lowest BCUT2D eigenvalue weighted by molar-refractivity contribution is -0.121. The fourth-order valence-electron chi connectivity index (χ4n) is 2.15. The molecule has 1 aliphatic carbocycles. The Bertz CT molecular complexity index is 607. The van der Waals surface area contributed by atoms with E-state index in [0.29, 0.717) is 25.6 Å². The topological polar surface area (TPSA) is 54.0 Å². The Morgan fingerprint density at radius 2 is 2.05 bits per heavy atom. The molecule has 1 aromatic carbocycles. The van der Waals surface area contributed by atoms with E-state index in [9.17, 15) is 4.79 Å². The second kappa shape index (κ2) is 6.01. The van der Waals surface area contributed by atoms with Gasteiger partial charge in [-0.1, -0.05) is 24.3 Å². The fraction of sp³-hybridized carbons (Fsp3) is 0.375. The molecule has 1 heterocycles. The van der Waals surface area contributed by atoms with Crippen LogP contribution < -0.4 is 10.6 Å². The van der Waals surface area contributed by atoms with Gasteiger partial charge in [0.15, 0.2) is 0 Å². The molecule has 1 amide bonds. The van der Waals surface area contributed by atoms with Gasteiger partial charge in [0.05, 0.1) is 11.2 Å². The molecule has 2 N–H and O–H groups in total. The van der Waals surface area contributed by atoms with Crippen LogP contribution in [0, 0.1) is 0 Å². The summed E-state index contributed by atoms with van der Waals surface area (Å²) in [6.07, 6.45) is 2.81. The second-order valence-electron chi connectivity index (χ2n) is 5.26. The summed E-state index contributed by atoms with van der Waals surface area (Å²) in [5, 5.41) is 7.40. The van der Waals surface area contributed by atoms with E-state index in [2.05, 4.69) is 27.8 Å². The molecule has 0 bridgehead atoms. The maximum absolute atomic E-state index is 11.5. The van der Waals surface area contributed by atoms with Crippen LogP contribution in [-0.4, -0.2) is 23.5 Å². The highest BCUT2D eigenvalue weighted by Crippen LogP contribution is 2.18. The Kier molecular flexibility index (Phi) is 3.92. The third kappa shape index (κ3) is 3.54. The molecule has 20 heavy (non-hydrogen) atoms. The first-order valence-electron chi connectivity index (χ1n) is 7.16. The van der Waals surface area contributed by atoms with Crippen molar-refractivity contribution in [3.8, 4) is 0 Å². The molecule has 0 saturated heterocycles. The Morgan fingerprint density at radius 1 is 1.20 bits per heavy atom. The zero-order valence-electron chi connectivity index (χ0n) is 11.4. The van der Waals surface area contributed by atoms with Gasteiger partial charge in [-0.05, 0) is 25.0 Å². The van der Waals surface area contributed by atoms with Gasteiger partial charge >= 0.3 is 0 Å². The first kappa shape index (κ1) is 13.1. The summed E-state index contributed by atoms with van der Waals surface area (Å²) in [7, 11) is 0. The van der Waals surface area contributed by atoms with E-state index in [0.717, 1.165) is 29.4 Å². The average Bonchev–Trinajstić information content (AvgIpc) is 3.27. The van der Waals surface area contributed by atoms with Crippen LogP contribution in [0.4, 0.5) is 0 Å². The maximum atomic E-state index is 11.5. The first-order valence-corrected chi connectivity index (χ1v) is 7.16. The molecule has 4 nitrogen and oxygen atoms in total. The number of carbonyl (C=O) groups excluding carboxylic acids is 1. The van der Waals surface area contributed by atoms with Gasteiger partial charge in [-0.25, -0.2) is 0 Å². The molecule has 0 atom stereocenters. The Balaban J connectivity index is 1.45. The summed E-state index contributed by atoms with van der Waals surface area (Å²) in [5.74, 6) is 0.145. The van der Waals surface area contributed by atoms with Crippen molar-refractivity contribution in [2.24, 2.45) is 0 Å². The van der Waals surface area contributed by atoms with Crippen molar-refractivity contribution in [3.05, 3.63) is 42.1 Å². The van der Waals surface area contributed by atoms with E-state index in [1.165, 1.54) is 0 Å². The number of benzene rings is 1. The molecule has 1 aromatic heterocycles. The van der Waals surface area contributed by atoms with Crippen LogP contribution in [0.2, 0.25) is 0 Å². The maximum Gasteiger partial charge on any atom is 0.221 e. The molecule has 0 aliphatic heterocycles. The smallest absolute Gasteiger partial charge is 0.221 e. The van der Waals surface area contributed by atoms with Crippen LogP contribution in [0.3, 0.4) is 0 Å². The number of nitrogens with zero attached hydrogens (tertiary/aromatic N) is 1. The molecule has 4 heteroatoms. The van der Waals surface area contributed by atoms with Crippen molar-refractivity contribution < 1.29 is 4.79 Å². The molecular weight excluding hydrogens is 250 g/mol. The number of fused-ring (bicyclic) bond motifs is 1. The van der Waals surface area contributed by atoms with Crippen molar-refractivity contribution in [2.75, 3.05) is 6.54 Å². The number of carbonyl (C=O) groups is 1. The summed E-state index contributed by atoms with van der Waals surface area (Å²) in [4.78, 5) is 16.1. The van der Waals surface area contributed by atoms with E-state index in [-0.39, 0.29) is 5.91 Å². The fourth-order valence-corrected chi connectivity index (χ4v) is 2.15. The van der Waals surface area contributed by atoms with Crippen LogP contribution in [-0.2, 0) is 11.3 Å². The molecule has 1 aliphatic rings. The molecule has 0 unspecified atom stereocenters. The van der Waals surface area contributed by atoms with Gasteiger partial charge in [-0.2, -0.15) is 0 Å². The summed E-state index contributed by atoms with van der Waals surface area (Å²) in [6.45, 7) is 1.38. The van der Waals surface area contributed by atoms with E-state index in [1.54, 1.807) is 0 Å². The third-order valence-electron chi connectivity index (χ3n) is 3.43. The lowest BCUT2D eigenvalue weighted by Gasteiger charge is -2.06. The Morgan fingerprint density at radius 3 is 2.90 bits per heavy atom. The third-order valence-corrected chi connectivity index (χ3v) is 3.43. The highest BCUT2D eigenvalue weighted by Gasteiger charge is 2.22. The number of amides is 1. The molecule has 2 aromatic rings. The molecule has 0 radical (unpaired) electrons. The monoisotopic (exact) mass is 269 g/mol. The summed E-state index contributed by atoms with van der Waals surface area (Å²) < 4.78 is 0. The average molecular weight is 269 g/mol. The van der Waals surface area contributed by atoms with Gasteiger partial charge in [0.25, 0.3) is 0 Å². The molecule has 1 saturated carbocycles. The minimum absolute atomic E-state index is 0.145. The first-order chi connectivity index (χ1) is 9.81. The van der Waals surface area contributed by atoms with Gasteiger partial charge in [0.1, 0.15) is 0 Å². The number of hydrogen-bond donors (Lipinski definition) is 2. The van der Waals surface area contributed by atoms with Crippen LogP contribution in [0.25, 0.3) is 10.9 Å². The van der Waals surface area contributed by atoms with Crippen LogP contribution in [0.1, 0.15) is 25.0 Å². The van der Waals surface area contributed by atoms with Crippen LogP contribution in [0.5, 0.6) is 0 Å². The summed E-state index contributed by atoms with van der Waals surface area (Å²) in [5.41, 5.74) is 2.02. The molecule has 1 fully saturated rings. The minimum Gasteiger partial charge on any atom is -0.353 e. The molecule has 0 spiro atoms. The molecular formula is C16H19N3O. The van der Waals surface area contributed by atoms with E-state index >= 15 is 0 Å². The SMILES string of the molecule is O=C(CCNCc1ccc2ccccc2n1)NC1CC1. The number of pyridine rings is 1. The van der Waals surface area contributed by atoms with Crippen molar-refractivity contribution in [3.63, 3.8) is 0 Å². The minimum atomic E-state index is 0.145. The van der Waals surface area contributed by atoms with Crippen molar-refractivity contribution >= 4 is 16.8 Å². The van der Waals surface area contributed by atoms with Crippen LogP contribution in [0.15, 0.2) is 36.4 Å². The second-order valence-corrected chi connectivity index (χ2v) is 5.26. The van der Waals surface area contributed by atoms with Crippen molar-refractivity contribution in [1.82, 2.24) is 15.6 Å². The van der Waals surface area contributed by atoms with Crippen molar-refractivity contribution in [2.45, 2.75) is 31.8 Å². The van der Waals surface area contributed by atoms with E-state index < -0.39 is 0 Å². The number of rotatable bonds is 6. The van der Waals surface area contributed by atoms with Crippen LogP contribution >= 0.6 is 0 Å². The predicted octanol–water partition coefficient (Wildman–Crippen LogP) is 1.99. The van der Waals surface area contributed by atoms with E-state index in [4.69, 9.17) is 0 Å². The largest absolute Gasteiger partial charge is 0.353 e. The number of hydrogen-bond acceptors (Lipinski definition) is 3. The van der Waals surface area contributed by atoms with Crippen molar-refractivity contribution in [1.29, 1.82) is 0 Å². The predicted molar refractivity (Wildman–Crippen MR) is 79.2 cm³/mol. The molecule has 104 valence electrons. The van der Waals surface area contributed by atoms with Gasteiger partial charge in [0, 0.05) is 30.9 Å². The quantitative estimate of drug-likeness (QED) is 0.789. The Labute approximate surface area is 118 Å².